The predicted molar refractivity (Wildman–Crippen MR) is 99.8 cm³/mol. The first-order valence-electron chi connectivity index (χ1n) is 9.08. The second-order valence-electron chi connectivity index (χ2n) is 6.85. The van der Waals surface area contributed by atoms with E-state index in [9.17, 15) is 14.0 Å². The van der Waals surface area contributed by atoms with Crippen molar-refractivity contribution in [1.29, 1.82) is 0 Å². The molecule has 1 atom stereocenters. The molecule has 4 rings (SSSR count). The second kappa shape index (κ2) is 7.59. The van der Waals surface area contributed by atoms with E-state index in [-0.39, 0.29) is 37.0 Å². The van der Waals surface area contributed by atoms with Crippen molar-refractivity contribution in [2.75, 3.05) is 19.7 Å². The summed E-state index contributed by atoms with van der Waals surface area (Å²) in [6.45, 7) is 2.49. The fourth-order valence-corrected chi connectivity index (χ4v) is 3.42. The summed E-state index contributed by atoms with van der Waals surface area (Å²) < 4.78 is 24.0. The minimum absolute atomic E-state index is 0.172. The Bertz CT molecular complexity index is 1080. The number of hydrogen-bond donors (Lipinski definition) is 1. The molecule has 8 nitrogen and oxygen atoms in total. The summed E-state index contributed by atoms with van der Waals surface area (Å²) in [5.74, 6) is -1.64. The lowest BCUT2D eigenvalue weighted by Crippen LogP contribution is -2.46. The highest BCUT2D eigenvalue weighted by atomic mass is 19.1. The molecule has 0 aliphatic carbocycles. The van der Waals surface area contributed by atoms with E-state index in [0.717, 1.165) is 0 Å². The summed E-state index contributed by atoms with van der Waals surface area (Å²) >= 11 is 0. The van der Waals surface area contributed by atoms with Crippen LogP contribution in [-0.4, -0.2) is 57.8 Å². The van der Waals surface area contributed by atoms with E-state index in [0.29, 0.717) is 34.4 Å². The van der Waals surface area contributed by atoms with Crippen molar-refractivity contribution in [3.63, 3.8) is 0 Å². The third-order valence-corrected chi connectivity index (χ3v) is 4.82. The predicted octanol–water partition coefficient (Wildman–Crippen LogP) is 2.65. The molecule has 1 aliphatic heterocycles. The molecule has 1 unspecified atom stereocenters. The average Bonchev–Trinajstić information content (AvgIpc) is 3.08. The van der Waals surface area contributed by atoms with Crippen LogP contribution in [0.4, 0.5) is 4.39 Å². The number of pyridine rings is 1. The summed E-state index contributed by atoms with van der Waals surface area (Å²) in [7, 11) is 0. The van der Waals surface area contributed by atoms with Gasteiger partial charge in [0.25, 0.3) is 11.6 Å². The number of ether oxygens (including phenoxy) is 1. The van der Waals surface area contributed by atoms with E-state index in [4.69, 9.17) is 14.4 Å². The maximum atomic E-state index is 13.3. The Morgan fingerprint density at radius 2 is 2.07 bits per heavy atom. The van der Waals surface area contributed by atoms with Gasteiger partial charge in [0.05, 0.1) is 41.5 Å². The molecule has 1 aliphatic rings. The third-order valence-electron chi connectivity index (χ3n) is 4.82. The number of carboxylic acids is 1. The van der Waals surface area contributed by atoms with Gasteiger partial charge in [-0.1, -0.05) is 5.16 Å². The number of hydrogen-bond acceptors (Lipinski definition) is 6. The number of aliphatic carboxylic acids is 1. The van der Waals surface area contributed by atoms with Crippen LogP contribution < -0.4 is 0 Å². The quantitative estimate of drug-likeness (QED) is 0.719. The smallest absolute Gasteiger partial charge is 0.306 e. The zero-order chi connectivity index (χ0) is 20.5. The molecule has 150 valence electrons. The number of aromatic nitrogens is 2. The van der Waals surface area contributed by atoms with Gasteiger partial charge in [0.1, 0.15) is 5.82 Å². The topological polar surface area (TPSA) is 106 Å². The van der Waals surface area contributed by atoms with E-state index < -0.39 is 12.1 Å². The fourth-order valence-electron chi connectivity index (χ4n) is 3.42. The van der Waals surface area contributed by atoms with E-state index in [1.807, 2.05) is 0 Å². The molecule has 29 heavy (non-hydrogen) atoms. The molecule has 0 radical (unpaired) electrons. The van der Waals surface area contributed by atoms with E-state index >= 15 is 0 Å². The van der Waals surface area contributed by atoms with Gasteiger partial charge in [-0.15, -0.1) is 0 Å². The Morgan fingerprint density at radius 3 is 2.79 bits per heavy atom. The van der Waals surface area contributed by atoms with Crippen molar-refractivity contribution >= 4 is 23.0 Å². The summed E-state index contributed by atoms with van der Waals surface area (Å²) in [5, 5.41) is 13.4. The van der Waals surface area contributed by atoms with Gasteiger partial charge in [-0.2, -0.15) is 0 Å². The molecule has 1 aromatic carbocycles. The molecule has 3 aromatic rings. The van der Waals surface area contributed by atoms with Gasteiger partial charge in [-0.25, -0.2) is 9.37 Å². The molecule has 2 aromatic heterocycles. The van der Waals surface area contributed by atoms with Crippen molar-refractivity contribution < 1.29 is 28.3 Å². The molecule has 1 saturated heterocycles. The van der Waals surface area contributed by atoms with Gasteiger partial charge in [-0.05, 0) is 37.3 Å². The van der Waals surface area contributed by atoms with Crippen molar-refractivity contribution in [2.24, 2.45) is 0 Å². The number of fused-ring (bicyclic) bond motifs is 1. The lowest BCUT2D eigenvalue weighted by atomic mass is 10.0. The number of halogens is 1. The average molecular weight is 399 g/mol. The lowest BCUT2D eigenvalue weighted by molar-refractivity contribution is -0.141. The van der Waals surface area contributed by atoms with E-state index in [1.54, 1.807) is 30.0 Å². The molecule has 0 bridgehead atoms. The molecule has 0 spiro atoms. The Balaban J connectivity index is 1.73. The Kier molecular flexibility index (Phi) is 4.98. The summed E-state index contributed by atoms with van der Waals surface area (Å²) in [5.41, 5.74) is 2.17. The number of carboxylic acid groups (broad SMARTS) is 1. The first-order chi connectivity index (χ1) is 13.9. The van der Waals surface area contributed by atoms with Crippen molar-refractivity contribution in [2.45, 2.75) is 19.4 Å². The maximum Gasteiger partial charge on any atom is 0.306 e. The van der Waals surface area contributed by atoms with Gasteiger partial charge in [-0.3, -0.25) is 9.59 Å². The number of carbonyl (C=O) groups is 2. The Labute approximate surface area is 164 Å². The van der Waals surface area contributed by atoms with Crippen LogP contribution in [0.3, 0.4) is 0 Å². The highest BCUT2D eigenvalue weighted by Gasteiger charge is 2.29. The fraction of sp³-hybridized carbons (Fsp3) is 0.300. The van der Waals surface area contributed by atoms with Crippen LogP contribution in [0.1, 0.15) is 22.5 Å². The minimum Gasteiger partial charge on any atom is -0.481 e. The molecule has 3 heterocycles. The summed E-state index contributed by atoms with van der Waals surface area (Å²) in [6.07, 6.45) is -0.745. The number of amides is 1. The highest BCUT2D eigenvalue weighted by Crippen LogP contribution is 2.28. The SMILES string of the molecule is Cc1noc2nc(-c3ccc(F)cc3)cc(C(=O)N3CCOC(CC(=O)O)C3)c12. The minimum atomic E-state index is -0.982. The number of benzene rings is 1. The second-order valence-corrected chi connectivity index (χ2v) is 6.85. The van der Waals surface area contributed by atoms with Crippen LogP contribution >= 0.6 is 0 Å². The first kappa shape index (κ1) is 19.0. The molecule has 1 N–H and O–H groups in total. The van der Waals surface area contributed by atoms with Crippen molar-refractivity contribution in [1.82, 2.24) is 15.0 Å². The lowest BCUT2D eigenvalue weighted by Gasteiger charge is -2.32. The van der Waals surface area contributed by atoms with Crippen LogP contribution in [0.25, 0.3) is 22.4 Å². The van der Waals surface area contributed by atoms with Crippen molar-refractivity contribution in [3.8, 4) is 11.3 Å². The molecular formula is C20H18FN3O5. The monoisotopic (exact) mass is 399 g/mol. The number of aryl methyl sites for hydroxylation is 1. The van der Waals surface area contributed by atoms with Crippen LogP contribution in [0.2, 0.25) is 0 Å². The number of morpholine rings is 1. The third kappa shape index (κ3) is 3.81. The van der Waals surface area contributed by atoms with Crippen LogP contribution in [0.5, 0.6) is 0 Å². The van der Waals surface area contributed by atoms with Gasteiger partial charge in [0, 0.05) is 18.7 Å². The molecule has 9 heteroatoms. The Hall–Kier alpha value is -3.33. The zero-order valence-electron chi connectivity index (χ0n) is 15.6. The number of carbonyl (C=O) groups excluding carboxylic acids is 1. The first-order valence-corrected chi connectivity index (χ1v) is 9.08. The van der Waals surface area contributed by atoms with Gasteiger partial charge in [0.15, 0.2) is 0 Å². The zero-order valence-corrected chi connectivity index (χ0v) is 15.6. The van der Waals surface area contributed by atoms with Gasteiger partial charge >= 0.3 is 5.97 Å². The van der Waals surface area contributed by atoms with E-state index in [2.05, 4.69) is 10.1 Å². The largest absolute Gasteiger partial charge is 0.481 e. The van der Waals surface area contributed by atoms with Gasteiger partial charge in [0.2, 0.25) is 0 Å². The summed E-state index contributed by atoms with van der Waals surface area (Å²) in [6, 6.07) is 7.39. The van der Waals surface area contributed by atoms with Gasteiger partial charge < -0.3 is 19.3 Å². The molecule has 1 amide bonds. The normalized spacial score (nSPS) is 16.9. The summed E-state index contributed by atoms with van der Waals surface area (Å²) in [4.78, 5) is 30.3. The number of nitrogens with zero attached hydrogens (tertiary/aromatic N) is 3. The Morgan fingerprint density at radius 1 is 1.31 bits per heavy atom. The van der Waals surface area contributed by atoms with E-state index in [1.165, 1.54) is 12.1 Å². The highest BCUT2D eigenvalue weighted by molar-refractivity contribution is 6.07. The van der Waals surface area contributed by atoms with Crippen LogP contribution in [0.15, 0.2) is 34.9 Å². The molecular weight excluding hydrogens is 381 g/mol. The standard InChI is InChI=1S/C20H18FN3O5/c1-11-18-15(20(27)24-6-7-28-14(10-24)8-17(25)26)9-16(22-19(18)29-23-11)12-2-4-13(21)5-3-12/h2-5,9,14H,6-8,10H2,1H3,(H,25,26). The molecule has 0 saturated carbocycles. The number of rotatable bonds is 4. The molecule has 1 fully saturated rings. The van der Waals surface area contributed by atoms with Crippen LogP contribution in [-0.2, 0) is 9.53 Å². The van der Waals surface area contributed by atoms with Crippen LogP contribution in [0, 0.1) is 12.7 Å². The van der Waals surface area contributed by atoms with Crippen molar-refractivity contribution in [3.05, 3.63) is 47.4 Å². The maximum absolute atomic E-state index is 13.3.